The molecule has 0 unspecified atom stereocenters. The lowest BCUT2D eigenvalue weighted by Gasteiger charge is -2.06. The number of rotatable bonds is 6. The van der Waals surface area contributed by atoms with Gasteiger partial charge in [-0.15, -0.1) is 0 Å². The van der Waals surface area contributed by atoms with Crippen LogP contribution in [-0.4, -0.2) is 29.8 Å². The fraction of sp³-hybridized carbons (Fsp3) is 0.100. The van der Waals surface area contributed by atoms with E-state index in [0.717, 1.165) is 11.3 Å². The summed E-state index contributed by atoms with van der Waals surface area (Å²) in [6.07, 6.45) is 1.30. The lowest BCUT2D eigenvalue weighted by Crippen LogP contribution is -2.17. The monoisotopic (exact) mass is 463 g/mol. The highest BCUT2D eigenvalue weighted by Gasteiger charge is 2.13. The molecular formula is C20H15Cl2N3O4S. The third kappa shape index (κ3) is 5.15. The number of esters is 1. The molecule has 2 aromatic carbocycles. The molecule has 0 atom stereocenters. The van der Waals surface area contributed by atoms with Crippen LogP contribution in [0.2, 0.25) is 10.2 Å². The molecule has 0 saturated carbocycles. The summed E-state index contributed by atoms with van der Waals surface area (Å²) < 4.78 is 6.05. The van der Waals surface area contributed by atoms with Crippen molar-refractivity contribution in [3.05, 3.63) is 89.9 Å². The number of methoxy groups -OCH3 is 1. The summed E-state index contributed by atoms with van der Waals surface area (Å²) in [4.78, 5) is 36.2. The number of carbonyl (C=O) groups excluding carboxylic acids is 2. The molecule has 30 heavy (non-hydrogen) atoms. The Kier molecular flexibility index (Phi) is 7.04. The Morgan fingerprint density at radius 1 is 1.17 bits per heavy atom. The molecule has 1 amide bonds. The first-order valence-corrected chi connectivity index (χ1v) is 10.1. The zero-order valence-electron chi connectivity index (χ0n) is 15.6. The average Bonchev–Trinajstić information content (AvgIpc) is 3.01. The molecule has 3 rings (SSSR count). The number of nitrogens with one attached hydrogen (secondary N) is 1. The van der Waals surface area contributed by atoms with Gasteiger partial charge in [-0.1, -0.05) is 52.7 Å². The number of carbonyl (C=O) groups is 2. The second-order valence-electron chi connectivity index (χ2n) is 6.01. The van der Waals surface area contributed by atoms with Gasteiger partial charge in [0.05, 0.1) is 30.3 Å². The van der Waals surface area contributed by atoms with Crippen LogP contribution in [0.15, 0.2) is 58.4 Å². The highest BCUT2D eigenvalue weighted by Crippen LogP contribution is 2.19. The highest BCUT2D eigenvalue weighted by molar-refractivity contribution is 7.11. The van der Waals surface area contributed by atoms with E-state index in [-0.39, 0.29) is 16.6 Å². The molecule has 0 aliphatic carbocycles. The van der Waals surface area contributed by atoms with E-state index in [1.807, 2.05) is 0 Å². The van der Waals surface area contributed by atoms with Gasteiger partial charge in [-0.3, -0.25) is 14.2 Å². The van der Waals surface area contributed by atoms with E-state index >= 15 is 0 Å². The number of halogens is 2. The summed E-state index contributed by atoms with van der Waals surface area (Å²) in [6.45, 7) is 0.168. The van der Waals surface area contributed by atoms with Gasteiger partial charge in [0.15, 0.2) is 0 Å². The third-order valence-electron chi connectivity index (χ3n) is 3.98. The van der Waals surface area contributed by atoms with E-state index in [9.17, 15) is 14.4 Å². The molecule has 7 nitrogen and oxygen atoms in total. The number of amides is 1. The van der Waals surface area contributed by atoms with E-state index in [2.05, 4.69) is 10.5 Å². The standard InChI is InChI=1S/C20H15Cl2N3O4S/c1-29-19(27)14-6-2-4-12(8-14)11-25-17(22)16(30-20(25)28)10-23-24-18(26)13-5-3-7-15(21)9-13/h2-10H,11H2,1H3,(H,24,26). The van der Waals surface area contributed by atoms with Gasteiger partial charge in [0.25, 0.3) is 5.91 Å². The first-order chi connectivity index (χ1) is 14.4. The molecular weight excluding hydrogens is 449 g/mol. The fourth-order valence-electron chi connectivity index (χ4n) is 2.56. The van der Waals surface area contributed by atoms with Crippen molar-refractivity contribution in [1.82, 2.24) is 9.99 Å². The Labute approximate surface area is 185 Å². The quantitative estimate of drug-likeness (QED) is 0.341. The molecule has 154 valence electrons. The van der Waals surface area contributed by atoms with Gasteiger partial charge in [-0.05, 0) is 35.9 Å². The maximum Gasteiger partial charge on any atom is 0.337 e. The predicted molar refractivity (Wildman–Crippen MR) is 117 cm³/mol. The van der Waals surface area contributed by atoms with Crippen LogP contribution in [0, 0.1) is 0 Å². The molecule has 10 heteroatoms. The second-order valence-corrected chi connectivity index (χ2v) is 7.80. The zero-order chi connectivity index (χ0) is 21.7. The summed E-state index contributed by atoms with van der Waals surface area (Å²) >= 11 is 13.1. The molecule has 1 heterocycles. The summed E-state index contributed by atoms with van der Waals surface area (Å²) in [5.41, 5.74) is 3.79. The van der Waals surface area contributed by atoms with Crippen LogP contribution in [0.1, 0.15) is 31.2 Å². The van der Waals surface area contributed by atoms with Crippen LogP contribution in [0.4, 0.5) is 0 Å². The topological polar surface area (TPSA) is 89.8 Å². The van der Waals surface area contributed by atoms with Gasteiger partial charge in [-0.25, -0.2) is 10.2 Å². The van der Waals surface area contributed by atoms with Crippen molar-refractivity contribution >= 4 is 52.6 Å². The Bertz CT molecular complexity index is 1190. The van der Waals surface area contributed by atoms with Crippen molar-refractivity contribution in [2.75, 3.05) is 7.11 Å². The van der Waals surface area contributed by atoms with Crippen molar-refractivity contribution < 1.29 is 14.3 Å². The maximum absolute atomic E-state index is 12.3. The predicted octanol–water partition coefficient (Wildman–Crippen LogP) is 3.82. The van der Waals surface area contributed by atoms with Crippen molar-refractivity contribution in [3.8, 4) is 0 Å². The van der Waals surface area contributed by atoms with Crippen molar-refractivity contribution in [2.24, 2.45) is 5.10 Å². The fourth-order valence-corrected chi connectivity index (χ4v) is 3.85. The Balaban J connectivity index is 1.74. The minimum atomic E-state index is -0.469. The van der Waals surface area contributed by atoms with Gasteiger partial charge < -0.3 is 4.74 Å². The molecule has 0 fully saturated rings. The SMILES string of the molecule is COC(=O)c1cccc(Cn2c(Cl)c(C=NNC(=O)c3cccc(Cl)c3)sc2=O)c1. The smallest absolute Gasteiger partial charge is 0.337 e. The largest absolute Gasteiger partial charge is 0.465 e. The van der Waals surface area contributed by atoms with E-state index < -0.39 is 11.9 Å². The second kappa shape index (κ2) is 9.71. The summed E-state index contributed by atoms with van der Waals surface area (Å²) in [7, 11) is 1.30. The Morgan fingerprint density at radius 2 is 1.90 bits per heavy atom. The summed E-state index contributed by atoms with van der Waals surface area (Å²) in [6, 6.07) is 13.1. The number of benzene rings is 2. The first kappa shape index (κ1) is 21.8. The van der Waals surface area contributed by atoms with Gasteiger partial charge in [-0.2, -0.15) is 5.10 Å². The van der Waals surface area contributed by atoms with Gasteiger partial charge in [0, 0.05) is 10.6 Å². The molecule has 1 aromatic heterocycles. The number of hydrogen-bond acceptors (Lipinski definition) is 6. The number of hydrazone groups is 1. The number of ether oxygens (including phenoxy) is 1. The van der Waals surface area contributed by atoms with Crippen LogP contribution in [0.25, 0.3) is 0 Å². The molecule has 0 radical (unpaired) electrons. The van der Waals surface area contributed by atoms with Crippen LogP contribution in [0.3, 0.4) is 0 Å². The number of thiazole rings is 1. The van der Waals surface area contributed by atoms with Crippen molar-refractivity contribution in [2.45, 2.75) is 6.54 Å². The lowest BCUT2D eigenvalue weighted by molar-refractivity contribution is 0.0600. The van der Waals surface area contributed by atoms with Crippen LogP contribution in [-0.2, 0) is 11.3 Å². The van der Waals surface area contributed by atoms with Crippen molar-refractivity contribution in [1.29, 1.82) is 0 Å². The van der Waals surface area contributed by atoms with E-state index in [1.54, 1.807) is 42.5 Å². The number of hydrogen-bond donors (Lipinski definition) is 1. The molecule has 0 saturated heterocycles. The Hall–Kier alpha value is -2.94. The van der Waals surface area contributed by atoms with Gasteiger partial charge in [0.1, 0.15) is 5.15 Å². The lowest BCUT2D eigenvalue weighted by atomic mass is 10.1. The summed E-state index contributed by atoms with van der Waals surface area (Å²) in [5.74, 6) is -0.917. The van der Waals surface area contributed by atoms with Crippen molar-refractivity contribution in [3.63, 3.8) is 0 Å². The highest BCUT2D eigenvalue weighted by atomic mass is 35.5. The minimum absolute atomic E-state index is 0.168. The van der Waals surface area contributed by atoms with Crippen LogP contribution < -0.4 is 10.3 Å². The van der Waals surface area contributed by atoms with Gasteiger partial charge >= 0.3 is 10.8 Å². The van der Waals surface area contributed by atoms with E-state index in [0.29, 0.717) is 26.6 Å². The average molecular weight is 464 g/mol. The minimum Gasteiger partial charge on any atom is -0.465 e. The molecule has 3 aromatic rings. The van der Waals surface area contributed by atoms with Crippen LogP contribution >= 0.6 is 34.5 Å². The maximum atomic E-state index is 12.3. The number of nitrogens with zero attached hydrogens (tertiary/aromatic N) is 2. The summed E-state index contributed by atoms with van der Waals surface area (Å²) in [5, 5.41) is 4.47. The van der Waals surface area contributed by atoms with Gasteiger partial charge in [0.2, 0.25) is 0 Å². The third-order valence-corrected chi connectivity index (χ3v) is 5.65. The molecule has 1 N–H and O–H groups in total. The zero-order valence-corrected chi connectivity index (χ0v) is 17.9. The van der Waals surface area contributed by atoms with E-state index in [1.165, 1.54) is 24.0 Å². The normalized spacial score (nSPS) is 10.9. The van der Waals surface area contributed by atoms with Crippen LogP contribution in [0.5, 0.6) is 0 Å². The molecule has 0 bridgehead atoms. The number of aromatic nitrogens is 1. The molecule has 0 spiro atoms. The Morgan fingerprint density at radius 3 is 2.63 bits per heavy atom. The van der Waals surface area contributed by atoms with E-state index in [4.69, 9.17) is 27.9 Å². The first-order valence-electron chi connectivity index (χ1n) is 8.54. The molecule has 0 aliphatic heterocycles. The molecule has 0 aliphatic rings.